The van der Waals surface area contributed by atoms with E-state index in [4.69, 9.17) is 0 Å². The summed E-state index contributed by atoms with van der Waals surface area (Å²) in [6.45, 7) is 0.525. The molecule has 4 heterocycles. The molecule has 0 spiro atoms. The van der Waals surface area contributed by atoms with Crippen LogP contribution in [0.2, 0.25) is 0 Å². The number of aromatic nitrogens is 3. The summed E-state index contributed by atoms with van der Waals surface area (Å²) in [7, 11) is 1.42. The largest absolute Gasteiger partial charge is 0.480 e. The second-order valence-electron chi connectivity index (χ2n) is 11.8. The number of halogens is 4. The monoisotopic (exact) mass is 657 g/mol. The number of aliphatic carboxylic acids is 1. The van der Waals surface area contributed by atoms with Crippen LogP contribution in [0.1, 0.15) is 21.6 Å². The minimum Gasteiger partial charge on any atom is -0.480 e. The number of nitrogens with zero attached hydrogens (tertiary/aromatic N) is 4. The van der Waals surface area contributed by atoms with E-state index in [1.54, 1.807) is 48.7 Å². The predicted molar refractivity (Wildman–Crippen MR) is 172 cm³/mol. The molecule has 1 aliphatic rings. The first kappa shape index (κ1) is 30.9. The zero-order valence-corrected chi connectivity index (χ0v) is 25.3. The highest BCUT2D eigenvalue weighted by atomic mass is 19.4. The van der Waals surface area contributed by atoms with Crippen molar-refractivity contribution in [2.45, 2.75) is 24.8 Å². The van der Waals surface area contributed by atoms with E-state index >= 15 is 0 Å². The van der Waals surface area contributed by atoms with E-state index in [0.29, 0.717) is 21.9 Å². The lowest BCUT2D eigenvalue weighted by Gasteiger charge is -2.36. The van der Waals surface area contributed by atoms with Crippen molar-refractivity contribution in [3.63, 3.8) is 0 Å². The highest BCUT2D eigenvalue weighted by Crippen LogP contribution is 2.42. The number of alkyl halides is 4. The summed E-state index contributed by atoms with van der Waals surface area (Å²) in [5.74, 6) is -2.07. The van der Waals surface area contributed by atoms with Crippen molar-refractivity contribution in [2.24, 2.45) is 7.05 Å². The number of carbonyl (C=O) groups excluding carboxylic acids is 1. The zero-order chi connectivity index (χ0) is 33.9. The number of hydrogen-bond donors (Lipinski definition) is 2. The number of fused-ring (bicyclic) bond motifs is 3. The third-order valence-corrected chi connectivity index (χ3v) is 8.77. The first-order valence-electron chi connectivity index (χ1n) is 15.0. The van der Waals surface area contributed by atoms with Gasteiger partial charge in [0.05, 0.1) is 47.1 Å². The second-order valence-corrected chi connectivity index (χ2v) is 11.8. The summed E-state index contributed by atoms with van der Waals surface area (Å²) in [5, 5.41) is 17.5. The van der Waals surface area contributed by atoms with Gasteiger partial charge in [-0.1, -0.05) is 54.6 Å². The maximum atomic E-state index is 14.7. The summed E-state index contributed by atoms with van der Waals surface area (Å²) in [6, 6.07) is 18.8. The van der Waals surface area contributed by atoms with Crippen LogP contribution in [0.3, 0.4) is 0 Å². The lowest BCUT2D eigenvalue weighted by atomic mass is 9.90. The predicted octanol–water partition coefficient (Wildman–Crippen LogP) is 5.61. The Bertz CT molecular complexity index is 2320. The van der Waals surface area contributed by atoms with Crippen molar-refractivity contribution in [3.8, 4) is 11.1 Å². The van der Waals surface area contributed by atoms with Crippen LogP contribution in [-0.4, -0.2) is 56.5 Å². The van der Waals surface area contributed by atoms with Gasteiger partial charge in [-0.3, -0.25) is 9.59 Å². The molecular weight excluding hydrogens is 630 g/mol. The van der Waals surface area contributed by atoms with Gasteiger partial charge in [0.1, 0.15) is 12.2 Å². The normalized spacial score (nSPS) is 14.4. The Balaban J connectivity index is 1.24. The number of amides is 1. The molecule has 1 amide bonds. The van der Waals surface area contributed by atoms with E-state index in [9.17, 15) is 37.1 Å². The van der Waals surface area contributed by atoms with Gasteiger partial charge in [0.2, 0.25) is 0 Å². The van der Waals surface area contributed by atoms with Gasteiger partial charge >= 0.3 is 12.1 Å². The minimum absolute atomic E-state index is 0.0302. The average Bonchev–Trinajstić information content (AvgIpc) is 3.47. The quantitative estimate of drug-likeness (QED) is 0.216. The van der Waals surface area contributed by atoms with Crippen LogP contribution in [0.5, 0.6) is 0 Å². The molecule has 3 aromatic heterocycles. The molecule has 0 aliphatic carbocycles. The summed E-state index contributed by atoms with van der Waals surface area (Å²) in [4.78, 5) is 41.0. The van der Waals surface area contributed by atoms with Crippen LogP contribution in [0.4, 0.5) is 23.2 Å². The maximum Gasteiger partial charge on any atom is 0.417 e. The number of hydrogen-bond acceptors (Lipinski definition) is 5. The van der Waals surface area contributed by atoms with Crippen LogP contribution in [0.25, 0.3) is 38.3 Å². The lowest BCUT2D eigenvalue weighted by Crippen LogP contribution is -2.48. The summed E-state index contributed by atoms with van der Waals surface area (Å²) in [5.41, 5.74) is -0.488. The highest BCUT2D eigenvalue weighted by molar-refractivity contribution is 6.02. The summed E-state index contributed by atoms with van der Waals surface area (Å²) in [6.07, 6.45) is -4.30. The molecule has 244 valence electrons. The van der Waals surface area contributed by atoms with Crippen LogP contribution in [-0.2, 0) is 24.4 Å². The molecule has 0 radical (unpaired) electrons. The van der Waals surface area contributed by atoms with Crippen molar-refractivity contribution in [1.29, 1.82) is 0 Å². The Hall–Kier alpha value is -5.72. The molecule has 9 nitrogen and oxygen atoms in total. The van der Waals surface area contributed by atoms with Crippen LogP contribution >= 0.6 is 0 Å². The SMILES string of the molecule is Cn1c(=O)c(-c2cccc3c(C[C@H](NC(=O)c4cc5ccc(N6CC(F)C6)cn5n4)C(=O)O)cccc23)c(C(F)(F)F)c2ccccc21. The molecule has 1 atom stereocenters. The molecule has 1 aliphatic heterocycles. The molecule has 0 saturated carbocycles. The van der Waals surface area contributed by atoms with Gasteiger partial charge in [-0.15, -0.1) is 0 Å². The average molecular weight is 658 g/mol. The molecule has 7 rings (SSSR count). The molecule has 3 aromatic carbocycles. The van der Waals surface area contributed by atoms with Gasteiger partial charge in [0, 0.05) is 18.9 Å². The molecule has 0 unspecified atom stereocenters. The fourth-order valence-electron chi connectivity index (χ4n) is 6.37. The number of carbonyl (C=O) groups is 2. The topological polar surface area (TPSA) is 109 Å². The number of aryl methyl sites for hydroxylation is 1. The van der Waals surface area contributed by atoms with Crippen molar-refractivity contribution >= 4 is 44.8 Å². The number of rotatable bonds is 7. The number of para-hydroxylation sites is 1. The maximum absolute atomic E-state index is 14.7. The zero-order valence-electron chi connectivity index (χ0n) is 25.3. The number of carboxylic acids is 1. The van der Waals surface area contributed by atoms with E-state index in [1.165, 1.54) is 52.5 Å². The van der Waals surface area contributed by atoms with E-state index in [-0.39, 0.29) is 41.7 Å². The standard InChI is InChI=1S/C35H27F4N5O4/c1-42-29-11-3-2-7-26(29)31(35(37,38)39)30(33(42)46)25-10-5-8-23-19(6-4-9-24(23)25)14-28(34(47)48)40-32(45)27-15-21-12-13-22(18-44(21)41-27)43-16-20(36)17-43/h2-13,15,18,20,28H,14,16-17H2,1H3,(H,40,45)(H,47,48)/t28-/m0/s1. The fourth-order valence-corrected chi connectivity index (χ4v) is 6.37. The molecule has 2 N–H and O–H groups in total. The second kappa shape index (κ2) is 11.5. The number of pyridine rings is 2. The molecule has 6 aromatic rings. The van der Waals surface area contributed by atoms with Gasteiger partial charge in [-0.05, 0) is 46.2 Å². The number of anilines is 1. The van der Waals surface area contributed by atoms with E-state index in [2.05, 4.69) is 10.4 Å². The highest BCUT2D eigenvalue weighted by Gasteiger charge is 2.38. The number of nitrogens with one attached hydrogen (secondary N) is 1. The molecule has 1 saturated heterocycles. The summed E-state index contributed by atoms with van der Waals surface area (Å²) >= 11 is 0. The number of carboxylic acid groups (broad SMARTS) is 1. The van der Waals surface area contributed by atoms with Gasteiger partial charge in [-0.2, -0.15) is 18.3 Å². The van der Waals surface area contributed by atoms with Crippen molar-refractivity contribution in [3.05, 3.63) is 112 Å². The van der Waals surface area contributed by atoms with Crippen molar-refractivity contribution in [2.75, 3.05) is 18.0 Å². The van der Waals surface area contributed by atoms with Gasteiger partial charge in [0.25, 0.3) is 11.5 Å². The fraction of sp³-hybridized carbons (Fsp3) is 0.200. The van der Waals surface area contributed by atoms with E-state index in [0.717, 1.165) is 5.69 Å². The Morgan fingerprint density at radius 3 is 2.42 bits per heavy atom. The first-order valence-corrected chi connectivity index (χ1v) is 15.0. The van der Waals surface area contributed by atoms with E-state index < -0.39 is 47.0 Å². The summed E-state index contributed by atoms with van der Waals surface area (Å²) < 4.78 is 59.9. The van der Waals surface area contributed by atoms with Crippen LogP contribution in [0.15, 0.2) is 89.9 Å². The molecule has 13 heteroatoms. The van der Waals surface area contributed by atoms with E-state index in [1.807, 2.05) is 4.90 Å². The van der Waals surface area contributed by atoms with Crippen LogP contribution in [0, 0.1) is 0 Å². The number of benzene rings is 3. The Labute approximate surface area is 269 Å². The third-order valence-electron chi connectivity index (χ3n) is 8.77. The smallest absolute Gasteiger partial charge is 0.417 e. The van der Waals surface area contributed by atoms with Crippen LogP contribution < -0.4 is 15.8 Å². The van der Waals surface area contributed by atoms with Gasteiger partial charge < -0.3 is 19.9 Å². The van der Waals surface area contributed by atoms with Crippen molar-refractivity contribution in [1.82, 2.24) is 19.5 Å². The van der Waals surface area contributed by atoms with Gasteiger partial charge in [-0.25, -0.2) is 13.7 Å². The first-order chi connectivity index (χ1) is 22.9. The Kier molecular flexibility index (Phi) is 7.41. The molecule has 0 bridgehead atoms. The molecular formula is C35H27F4N5O4. The molecule has 1 fully saturated rings. The van der Waals surface area contributed by atoms with Crippen molar-refractivity contribution < 1.29 is 32.3 Å². The Morgan fingerprint density at radius 1 is 0.979 bits per heavy atom. The lowest BCUT2D eigenvalue weighted by molar-refractivity contribution is -0.139. The molecule has 48 heavy (non-hydrogen) atoms. The third kappa shape index (κ3) is 5.30. The van der Waals surface area contributed by atoms with Gasteiger partial charge in [0.15, 0.2) is 5.69 Å². The minimum atomic E-state index is -4.85. The Morgan fingerprint density at radius 2 is 1.69 bits per heavy atom.